The van der Waals surface area contributed by atoms with Crippen LogP contribution in [0.4, 0.5) is 0 Å². The fourth-order valence-corrected chi connectivity index (χ4v) is 3.25. The minimum Gasteiger partial charge on any atom is -0.479 e. The van der Waals surface area contributed by atoms with Gasteiger partial charge in [0.2, 0.25) is 0 Å². The summed E-state index contributed by atoms with van der Waals surface area (Å²) in [6.07, 6.45) is 1.80. The van der Waals surface area contributed by atoms with Crippen LogP contribution in [0.3, 0.4) is 0 Å². The van der Waals surface area contributed by atoms with Crippen molar-refractivity contribution in [2.75, 3.05) is 13.1 Å². The van der Waals surface area contributed by atoms with E-state index >= 15 is 0 Å². The number of carbonyl (C=O) groups is 2. The molecule has 0 aromatic carbocycles. The van der Waals surface area contributed by atoms with Crippen LogP contribution in [0, 0.1) is 6.92 Å². The van der Waals surface area contributed by atoms with E-state index in [1.165, 1.54) is 0 Å². The van der Waals surface area contributed by atoms with Gasteiger partial charge in [0, 0.05) is 43.1 Å². The van der Waals surface area contributed by atoms with E-state index in [1.807, 2.05) is 12.3 Å². The molecule has 8 heteroatoms. The number of hydrogen-bond donors (Lipinski definition) is 3. The van der Waals surface area contributed by atoms with E-state index in [9.17, 15) is 14.7 Å². The minimum atomic E-state index is -1.73. The zero-order valence-electron chi connectivity index (χ0n) is 12.6. The van der Waals surface area contributed by atoms with E-state index in [0.29, 0.717) is 5.69 Å². The molecular weight excluding hydrogens is 318 g/mol. The quantitative estimate of drug-likeness (QED) is 0.788. The predicted octanol–water partition coefficient (Wildman–Crippen LogP) is 1.50. The van der Waals surface area contributed by atoms with Crippen LogP contribution in [0.5, 0.6) is 0 Å². The molecule has 7 nitrogen and oxygen atoms in total. The Bertz CT molecular complexity index is 743. The molecule has 0 radical (unpaired) electrons. The number of aliphatic hydroxyl groups is 1. The number of aromatic nitrogens is 2. The molecule has 1 aliphatic rings. The number of carbonyl (C=O) groups excluding carboxylic acids is 1. The van der Waals surface area contributed by atoms with Crippen molar-refractivity contribution in [3.05, 3.63) is 28.3 Å². The highest BCUT2D eigenvalue weighted by molar-refractivity contribution is 7.09. The molecule has 0 bridgehead atoms. The van der Waals surface area contributed by atoms with Crippen LogP contribution < -0.4 is 0 Å². The van der Waals surface area contributed by atoms with Crippen molar-refractivity contribution < 1.29 is 19.8 Å². The molecule has 1 saturated heterocycles. The van der Waals surface area contributed by atoms with Gasteiger partial charge in [-0.2, -0.15) is 0 Å². The van der Waals surface area contributed by atoms with Crippen LogP contribution in [0.1, 0.15) is 28.3 Å². The van der Waals surface area contributed by atoms with E-state index in [-0.39, 0.29) is 31.8 Å². The Morgan fingerprint density at radius 2 is 2.09 bits per heavy atom. The van der Waals surface area contributed by atoms with E-state index in [0.717, 1.165) is 16.3 Å². The number of rotatable bonds is 3. The van der Waals surface area contributed by atoms with Gasteiger partial charge in [-0.3, -0.25) is 4.79 Å². The summed E-state index contributed by atoms with van der Waals surface area (Å²) in [5.41, 5.74) is 0.375. The number of hydrogen-bond acceptors (Lipinski definition) is 5. The van der Waals surface area contributed by atoms with Gasteiger partial charge < -0.3 is 20.1 Å². The maximum Gasteiger partial charge on any atom is 0.335 e. The molecule has 3 heterocycles. The summed E-state index contributed by atoms with van der Waals surface area (Å²) >= 11 is 1.54. The second kappa shape index (κ2) is 5.78. The second-order valence-corrected chi connectivity index (χ2v) is 6.74. The molecule has 23 heavy (non-hydrogen) atoms. The normalized spacial score (nSPS) is 17.2. The smallest absolute Gasteiger partial charge is 0.335 e. The Labute approximate surface area is 136 Å². The molecular formula is C15H17N3O4S. The van der Waals surface area contributed by atoms with Crippen LogP contribution in [0.15, 0.2) is 17.6 Å². The molecule has 3 N–H and O–H groups in total. The summed E-state index contributed by atoms with van der Waals surface area (Å²) in [6.45, 7) is 2.35. The summed E-state index contributed by atoms with van der Waals surface area (Å²) < 4.78 is 0. The van der Waals surface area contributed by atoms with Crippen LogP contribution in [0.2, 0.25) is 0 Å². The molecule has 122 valence electrons. The first kappa shape index (κ1) is 15.7. The molecule has 1 aliphatic heterocycles. The molecule has 0 spiro atoms. The van der Waals surface area contributed by atoms with Crippen molar-refractivity contribution >= 4 is 23.2 Å². The van der Waals surface area contributed by atoms with Gasteiger partial charge in [0.15, 0.2) is 5.60 Å². The number of aliphatic carboxylic acids is 1. The third-order valence-electron chi connectivity index (χ3n) is 4.10. The first-order valence-corrected chi connectivity index (χ1v) is 8.13. The molecule has 0 atom stereocenters. The number of H-pyrrole nitrogens is 1. The summed E-state index contributed by atoms with van der Waals surface area (Å²) in [4.78, 5) is 32.4. The lowest BCUT2D eigenvalue weighted by atomic mass is 9.91. The highest BCUT2D eigenvalue weighted by Crippen LogP contribution is 2.25. The maximum absolute atomic E-state index is 12.5. The van der Waals surface area contributed by atoms with Gasteiger partial charge in [-0.1, -0.05) is 0 Å². The average molecular weight is 335 g/mol. The van der Waals surface area contributed by atoms with Crippen molar-refractivity contribution in [2.24, 2.45) is 0 Å². The lowest BCUT2D eigenvalue weighted by Crippen LogP contribution is -2.50. The van der Waals surface area contributed by atoms with Crippen molar-refractivity contribution in [1.29, 1.82) is 0 Å². The van der Waals surface area contributed by atoms with Gasteiger partial charge in [0.1, 0.15) is 5.69 Å². The molecule has 2 aromatic heterocycles. The Balaban J connectivity index is 1.70. The fourth-order valence-electron chi connectivity index (χ4n) is 2.63. The van der Waals surface area contributed by atoms with Gasteiger partial charge in [0.05, 0.1) is 10.7 Å². The van der Waals surface area contributed by atoms with Crippen LogP contribution in [0.25, 0.3) is 11.3 Å². The number of aryl methyl sites for hydroxylation is 1. The first-order chi connectivity index (χ1) is 10.9. The number of piperidine rings is 1. The molecule has 0 unspecified atom stereocenters. The summed E-state index contributed by atoms with van der Waals surface area (Å²) in [5.74, 6) is -1.43. The zero-order valence-corrected chi connectivity index (χ0v) is 13.4. The predicted molar refractivity (Wildman–Crippen MR) is 84.4 cm³/mol. The van der Waals surface area contributed by atoms with Gasteiger partial charge in [-0.15, -0.1) is 11.3 Å². The Hall–Kier alpha value is -2.19. The number of nitrogens with one attached hydrogen (secondary N) is 1. The number of thiazole rings is 1. The number of carboxylic acids is 1. The largest absolute Gasteiger partial charge is 0.479 e. The molecule has 3 rings (SSSR count). The first-order valence-electron chi connectivity index (χ1n) is 7.25. The molecule has 2 aromatic rings. The topological polar surface area (TPSA) is 107 Å². The lowest BCUT2D eigenvalue weighted by Gasteiger charge is -2.35. The SMILES string of the molecule is Cc1nc(-c2c[nH]c(C(=O)N3CCC(O)(C(=O)O)CC3)c2)cs1. The van der Waals surface area contributed by atoms with E-state index < -0.39 is 11.6 Å². The number of carboxylic acid groups (broad SMARTS) is 1. The number of amides is 1. The standard InChI is InChI=1S/C15H17N3O4S/c1-9-17-12(8-23-9)10-6-11(16-7-10)13(19)18-4-2-15(22,3-5-18)14(20)21/h6-8,16,22H,2-5H2,1H3,(H,20,21). The molecule has 1 fully saturated rings. The van der Waals surface area contributed by atoms with E-state index in [2.05, 4.69) is 9.97 Å². The maximum atomic E-state index is 12.5. The summed E-state index contributed by atoms with van der Waals surface area (Å²) in [7, 11) is 0. The Morgan fingerprint density at radius 3 is 2.65 bits per heavy atom. The second-order valence-electron chi connectivity index (χ2n) is 5.68. The number of nitrogens with zero attached hydrogens (tertiary/aromatic N) is 2. The van der Waals surface area contributed by atoms with Gasteiger partial charge in [0.25, 0.3) is 5.91 Å². The monoisotopic (exact) mass is 335 g/mol. The molecule has 0 aliphatic carbocycles. The van der Waals surface area contributed by atoms with Crippen molar-refractivity contribution in [2.45, 2.75) is 25.4 Å². The lowest BCUT2D eigenvalue weighted by molar-refractivity contribution is -0.162. The van der Waals surface area contributed by atoms with Gasteiger partial charge in [-0.05, 0) is 13.0 Å². The third-order valence-corrected chi connectivity index (χ3v) is 4.88. The van der Waals surface area contributed by atoms with Crippen LogP contribution >= 0.6 is 11.3 Å². The Kier molecular flexibility index (Phi) is 3.95. The van der Waals surface area contributed by atoms with E-state index in [1.54, 1.807) is 28.5 Å². The summed E-state index contributed by atoms with van der Waals surface area (Å²) in [6, 6.07) is 1.74. The van der Waals surface area contributed by atoms with Gasteiger partial charge >= 0.3 is 5.97 Å². The van der Waals surface area contributed by atoms with Crippen molar-refractivity contribution in [3.8, 4) is 11.3 Å². The summed E-state index contributed by atoms with van der Waals surface area (Å²) in [5, 5.41) is 21.8. The van der Waals surface area contributed by atoms with Crippen molar-refractivity contribution in [3.63, 3.8) is 0 Å². The number of likely N-dealkylation sites (tertiary alicyclic amines) is 1. The minimum absolute atomic E-state index is 0.0346. The highest BCUT2D eigenvalue weighted by Gasteiger charge is 2.40. The molecule has 0 saturated carbocycles. The van der Waals surface area contributed by atoms with Crippen molar-refractivity contribution in [1.82, 2.24) is 14.9 Å². The van der Waals surface area contributed by atoms with Gasteiger partial charge in [-0.25, -0.2) is 9.78 Å². The Morgan fingerprint density at radius 1 is 1.39 bits per heavy atom. The zero-order chi connectivity index (χ0) is 16.6. The number of aromatic amines is 1. The van der Waals surface area contributed by atoms with Crippen LogP contribution in [-0.2, 0) is 4.79 Å². The third kappa shape index (κ3) is 2.99. The molecule has 1 amide bonds. The average Bonchev–Trinajstić information content (AvgIpc) is 3.16. The van der Waals surface area contributed by atoms with E-state index in [4.69, 9.17) is 5.11 Å². The van der Waals surface area contributed by atoms with Crippen LogP contribution in [-0.4, -0.2) is 55.6 Å². The fraction of sp³-hybridized carbons (Fsp3) is 0.400. The highest BCUT2D eigenvalue weighted by atomic mass is 32.1.